The number of likely N-dealkylation sites (N-methyl/N-ethyl adjacent to an activating group) is 1. The molecule has 2 heterocycles. The summed E-state index contributed by atoms with van der Waals surface area (Å²) >= 11 is 3.18. The van der Waals surface area contributed by atoms with Gasteiger partial charge < -0.3 is 14.5 Å². The van der Waals surface area contributed by atoms with E-state index in [0.717, 1.165) is 11.3 Å². The molecule has 7 heteroatoms. The van der Waals surface area contributed by atoms with Crippen molar-refractivity contribution in [3.05, 3.63) is 33.9 Å². The zero-order chi connectivity index (χ0) is 14.4. The molecule has 1 aromatic carbocycles. The van der Waals surface area contributed by atoms with E-state index in [1.165, 1.54) is 0 Å². The van der Waals surface area contributed by atoms with Crippen molar-refractivity contribution < 1.29 is 19.2 Å². The van der Waals surface area contributed by atoms with Gasteiger partial charge in [-0.3, -0.25) is 4.79 Å². The molecule has 102 valence electrons. The standard InChI is InChI=1S/C13H9BrN2O4/c1-16-8-3-2-6(4-7(8)5-9(16)17)12-10(14)11(13(18)19)15-20-12/h2-4H,5H2,1H3,(H,18,19). The van der Waals surface area contributed by atoms with Crippen LogP contribution in [0.25, 0.3) is 11.3 Å². The van der Waals surface area contributed by atoms with Crippen LogP contribution in [0.15, 0.2) is 27.2 Å². The van der Waals surface area contributed by atoms with Crippen molar-refractivity contribution in [1.82, 2.24) is 5.16 Å². The molecule has 0 saturated heterocycles. The molecule has 1 amide bonds. The third-order valence-corrected chi connectivity index (χ3v) is 3.99. The summed E-state index contributed by atoms with van der Waals surface area (Å²) in [6.07, 6.45) is 0.331. The fourth-order valence-corrected chi connectivity index (χ4v) is 2.75. The van der Waals surface area contributed by atoms with E-state index in [1.54, 1.807) is 18.0 Å². The summed E-state index contributed by atoms with van der Waals surface area (Å²) < 4.78 is 5.37. The Bertz CT molecular complexity index is 738. The van der Waals surface area contributed by atoms with Gasteiger partial charge >= 0.3 is 5.97 Å². The highest BCUT2D eigenvalue weighted by atomic mass is 79.9. The van der Waals surface area contributed by atoms with Gasteiger partial charge in [0.1, 0.15) is 4.47 Å². The first-order valence-electron chi connectivity index (χ1n) is 5.77. The summed E-state index contributed by atoms with van der Waals surface area (Å²) in [5, 5.41) is 12.5. The lowest BCUT2D eigenvalue weighted by Crippen LogP contribution is -2.20. The Hall–Kier alpha value is -2.15. The molecular formula is C13H9BrN2O4. The van der Waals surface area contributed by atoms with Crippen LogP contribution in [0.2, 0.25) is 0 Å². The van der Waals surface area contributed by atoms with E-state index in [9.17, 15) is 9.59 Å². The Morgan fingerprint density at radius 1 is 1.50 bits per heavy atom. The first-order valence-corrected chi connectivity index (χ1v) is 6.56. The summed E-state index contributed by atoms with van der Waals surface area (Å²) in [7, 11) is 1.72. The van der Waals surface area contributed by atoms with Gasteiger partial charge in [0.2, 0.25) is 11.6 Å². The number of aromatic nitrogens is 1. The van der Waals surface area contributed by atoms with E-state index in [1.807, 2.05) is 12.1 Å². The van der Waals surface area contributed by atoms with Gasteiger partial charge in [-0.25, -0.2) is 4.79 Å². The SMILES string of the molecule is CN1C(=O)Cc2cc(-c3onc(C(=O)O)c3Br)ccc21. The molecule has 0 aliphatic carbocycles. The fourth-order valence-electron chi connectivity index (χ4n) is 2.20. The molecule has 0 spiro atoms. The topological polar surface area (TPSA) is 83.6 Å². The minimum absolute atomic E-state index is 0.0278. The van der Waals surface area contributed by atoms with Crippen LogP contribution in [0.1, 0.15) is 16.1 Å². The number of rotatable bonds is 2. The quantitative estimate of drug-likeness (QED) is 0.909. The van der Waals surface area contributed by atoms with Crippen LogP contribution in [0.5, 0.6) is 0 Å². The second-order valence-corrected chi connectivity index (χ2v) is 5.25. The number of nitrogens with zero attached hydrogens (tertiary/aromatic N) is 2. The lowest BCUT2D eigenvalue weighted by Gasteiger charge is -2.09. The summed E-state index contributed by atoms with van der Waals surface area (Å²) in [5.74, 6) is -0.796. The van der Waals surface area contributed by atoms with E-state index >= 15 is 0 Å². The van der Waals surface area contributed by atoms with E-state index < -0.39 is 5.97 Å². The second-order valence-electron chi connectivity index (χ2n) is 4.45. The van der Waals surface area contributed by atoms with Gasteiger partial charge in [-0.2, -0.15) is 0 Å². The van der Waals surface area contributed by atoms with E-state index in [2.05, 4.69) is 21.1 Å². The maximum absolute atomic E-state index is 11.6. The number of fused-ring (bicyclic) bond motifs is 1. The molecule has 1 aliphatic rings. The molecule has 0 saturated carbocycles. The normalized spacial score (nSPS) is 13.7. The number of anilines is 1. The number of hydrogen-bond acceptors (Lipinski definition) is 4. The number of amides is 1. The van der Waals surface area contributed by atoms with Crippen molar-refractivity contribution in [2.75, 3.05) is 11.9 Å². The Balaban J connectivity index is 2.07. The Morgan fingerprint density at radius 3 is 2.90 bits per heavy atom. The number of benzene rings is 1. The molecule has 0 atom stereocenters. The van der Waals surface area contributed by atoms with Crippen LogP contribution in [0.4, 0.5) is 5.69 Å². The molecule has 2 aromatic rings. The maximum atomic E-state index is 11.6. The minimum atomic E-state index is -1.16. The second kappa shape index (κ2) is 4.45. The first-order chi connectivity index (χ1) is 9.49. The molecule has 6 nitrogen and oxygen atoms in total. The van der Waals surface area contributed by atoms with Gasteiger partial charge in [0, 0.05) is 18.3 Å². The van der Waals surface area contributed by atoms with Crippen LogP contribution < -0.4 is 4.90 Å². The van der Waals surface area contributed by atoms with Gasteiger partial charge in [0.05, 0.1) is 6.42 Å². The molecule has 1 aromatic heterocycles. The van der Waals surface area contributed by atoms with Crippen molar-refractivity contribution in [3.8, 4) is 11.3 Å². The molecule has 0 bridgehead atoms. The Kier molecular flexibility index (Phi) is 2.86. The molecule has 0 radical (unpaired) electrons. The largest absolute Gasteiger partial charge is 0.476 e. The van der Waals surface area contributed by atoms with E-state index in [4.69, 9.17) is 9.63 Å². The third-order valence-electron chi connectivity index (χ3n) is 3.26. The minimum Gasteiger partial charge on any atom is -0.476 e. The highest BCUT2D eigenvalue weighted by Gasteiger charge is 2.26. The molecule has 0 unspecified atom stereocenters. The summed E-state index contributed by atoms with van der Waals surface area (Å²) in [6.45, 7) is 0. The molecule has 1 N–H and O–H groups in total. The highest BCUT2D eigenvalue weighted by molar-refractivity contribution is 9.10. The van der Waals surface area contributed by atoms with Crippen LogP contribution in [0, 0.1) is 0 Å². The summed E-state index contributed by atoms with van der Waals surface area (Å²) in [4.78, 5) is 24.2. The van der Waals surface area contributed by atoms with Crippen LogP contribution >= 0.6 is 15.9 Å². The average Bonchev–Trinajstić information content (AvgIpc) is 2.91. The number of carboxylic acid groups (broad SMARTS) is 1. The lowest BCUT2D eigenvalue weighted by atomic mass is 10.1. The number of aromatic carboxylic acids is 1. The summed E-state index contributed by atoms with van der Waals surface area (Å²) in [6, 6.07) is 5.39. The number of carboxylic acids is 1. The van der Waals surface area contributed by atoms with Crippen LogP contribution in [-0.2, 0) is 11.2 Å². The lowest BCUT2D eigenvalue weighted by molar-refractivity contribution is -0.117. The van der Waals surface area contributed by atoms with Crippen molar-refractivity contribution in [3.63, 3.8) is 0 Å². The summed E-state index contributed by atoms with van der Waals surface area (Å²) in [5.41, 5.74) is 2.25. The van der Waals surface area contributed by atoms with E-state index in [-0.39, 0.29) is 11.6 Å². The number of carbonyl (C=O) groups is 2. The molecule has 1 aliphatic heterocycles. The molecule has 0 fully saturated rings. The maximum Gasteiger partial charge on any atom is 0.359 e. The average molecular weight is 337 g/mol. The number of hydrogen-bond donors (Lipinski definition) is 1. The Labute approximate surface area is 122 Å². The monoisotopic (exact) mass is 336 g/mol. The molecule has 3 rings (SSSR count). The zero-order valence-electron chi connectivity index (χ0n) is 10.4. The highest BCUT2D eigenvalue weighted by Crippen LogP contribution is 2.36. The van der Waals surface area contributed by atoms with Crippen LogP contribution in [-0.4, -0.2) is 29.2 Å². The predicted octanol–water partition coefficient (Wildman–Crippen LogP) is 2.32. The van der Waals surface area contributed by atoms with Gasteiger partial charge in [0.25, 0.3) is 0 Å². The van der Waals surface area contributed by atoms with Crippen molar-refractivity contribution in [1.29, 1.82) is 0 Å². The first kappa shape index (κ1) is 12.9. The van der Waals surface area contributed by atoms with Crippen molar-refractivity contribution in [2.45, 2.75) is 6.42 Å². The third kappa shape index (κ3) is 1.82. The van der Waals surface area contributed by atoms with Crippen molar-refractivity contribution in [2.24, 2.45) is 0 Å². The molecule has 20 heavy (non-hydrogen) atoms. The van der Waals surface area contributed by atoms with Gasteiger partial charge in [-0.05, 0) is 39.7 Å². The number of halogens is 1. The van der Waals surface area contributed by atoms with Crippen molar-refractivity contribution >= 4 is 33.5 Å². The smallest absolute Gasteiger partial charge is 0.359 e. The zero-order valence-corrected chi connectivity index (χ0v) is 12.0. The Morgan fingerprint density at radius 2 is 2.25 bits per heavy atom. The van der Waals surface area contributed by atoms with E-state index in [0.29, 0.717) is 22.2 Å². The van der Waals surface area contributed by atoms with Crippen LogP contribution in [0.3, 0.4) is 0 Å². The predicted molar refractivity (Wildman–Crippen MR) is 73.7 cm³/mol. The molecular weight excluding hydrogens is 328 g/mol. The fraction of sp³-hybridized carbons (Fsp3) is 0.154. The van der Waals surface area contributed by atoms with Gasteiger partial charge in [-0.15, -0.1) is 0 Å². The van der Waals surface area contributed by atoms with Gasteiger partial charge in [0.15, 0.2) is 5.76 Å². The van der Waals surface area contributed by atoms with Gasteiger partial charge in [-0.1, -0.05) is 5.16 Å². The number of carbonyl (C=O) groups excluding carboxylic acids is 1.